The van der Waals surface area contributed by atoms with Gasteiger partial charge in [-0.05, 0) is 55.8 Å². The number of aliphatic imine (C=N–C) groups is 1. The van der Waals surface area contributed by atoms with Gasteiger partial charge in [0, 0.05) is 25.6 Å². The summed E-state index contributed by atoms with van der Waals surface area (Å²) in [5.74, 6) is 2.70. The van der Waals surface area contributed by atoms with E-state index in [-0.39, 0.29) is 24.0 Å². The highest BCUT2D eigenvalue weighted by Crippen LogP contribution is 2.15. The predicted octanol–water partition coefficient (Wildman–Crippen LogP) is 3.67. The van der Waals surface area contributed by atoms with Gasteiger partial charge in [-0.25, -0.2) is 4.99 Å². The lowest BCUT2D eigenvalue weighted by Crippen LogP contribution is -2.45. The van der Waals surface area contributed by atoms with Gasteiger partial charge in [0.25, 0.3) is 0 Å². The molecule has 0 aliphatic carbocycles. The molecule has 1 aliphatic heterocycles. The highest BCUT2D eigenvalue weighted by atomic mass is 127. The van der Waals surface area contributed by atoms with Crippen LogP contribution in [0.15, 0.2) is 52.1 Å². The van der Waals surface area contributed by atoms with E-state index in [1.165, 1.54) is 19.4 Å². The Hall–Kier alpha value is -1.74. The number of nitrogens with zero attached hydrogens (tertiary/aromatic N) is 2. The maximum atomic E-state index is 5.42. The van der Waals surface area contributed by atoms with E-state index in [0.717, 1.165) is 49.1 Å². The molecule has 2 N–H and O–H groups in total. The molecule has 1 fully saturated rings. The minimum Gasteiger partial charge on any atom is -0.497 e. The van der Waals surface area contributed by atoms with E-state index in [0.29, 0.717) is 12.6 Å². The zero-order valence-electron chi connectivity index (χ0n) is 17.4. The number of halogens is 1. The number of hydrogen-bond donors (Lipinski definition) is 2. The van der Waals surface area contributed by atoms with E-state index in [1.807, 2.05) is 24.3 Å². The summed E-state index contributed by atoms with van der Waals surface area (Å²) in [4.78, 5) is 7.32. The van der Waals surface area contributed by atoms with Crippen molar-refractivity contribution in [1.29, 1.82) is 0 Å². The van der Waals surface area contributed by atoms with Crippen LogP contribution in [-0.4, -0.2) is 50.2 Å². The zero-order chi connectivity index (χ0) is 19.6. The number of methoxy groups -OCH3 is 1. The summed E-state index contributed by atoms with van der Waals surface area (Å²) in [6.45, 7) is 6.87. The molecule has 3 rings (SSSR count). The van der Waals surface area contributed by atoms with Crippen molar-refractivity contribution in [3.8, 4) is 5.75 Å². The molecule has 2 heterocycles. The summed E-state index contributed by atoms with van der Waals surface area (Å²) in [6.07, 6.45) is 5.08. The van der Waals surface area contributed by atoms with E-state index < -0.39 is 0 Å². The number of furan rings is 1. The van der Waals surface area contributed by atoms with Crippen LogP contribution < -0.4 is 15.4 Å². The van der Waals surface area contributed by atoms with Crippen LogP contribution in [0.4, 0.5) is 0 Å². The molecule has 1 aromatic carbocycles. The SMILES string of the molecule is CCN1CCCC1CNC(=NCc1ccc(OC)cc1)NCCc1ccco1.I. The molecule has 1 atom stereocenters. The summed E-state index contributed by atoms with van der Waals surface area (Å²) < 4.78 is 10.6. The smallest absolute Gasteiger partial charge is 0.191 e. The second-order valence-electron chi connectivity index (χ2n) is 7.07. The summed E-state index contributed by atoms with van der Waals surface area (Å²) in [6, 6.07) is 12.6. The van der Waals surface area contributed by atoms with Crippen molar-refractivity contribution in [3.05, 3.63) is 54.0 Å². The largest absolute Gasteiger partial charge is 0.497 e. The van der Waals surface area contributed by atoms with Crippen molar-refractivity contribution < 1.29 is 9.15 Å². The van der Waals surface area contributed by atoms with Gasteiger partial charge in [0.15, 0.2) is 5.96 Å². The molecule has 0 radical (unpaired) electrons. The number of guanidine groups is 1. The molecule has 0 spiro atoms. The van der Waals surface area contributed by atoms with Gasteiger partial charge in [-0.3, -0.25) is 4.90 Å². The molecule has 7 heteroatoms. The first-order valence-corrected chi connectivity index (χ1v) is 10.2. The van der Waals surface area contributed by atoms with Crippen molar-refractivity contribution in [2.45, 2.75) is 38.8 Å². The molecule has 1 aliphatic rings. The van der Waals surface area contributed by atoms with E-state index >= 15 is 0 Å². The van der Waals surface area contributed by atoms with Gasteiger partial charge in [-0.1, -0.05) is 19.1 Å². The standard InChI is InChI=1S/C22H32N4O2.HI/c1-3-26-14-4-6-19(26)17-25-22(23-13-12-21-7-5-15-28-21)24-16-18-8-10-20(27-2)11-9-18;/h5,7-11,15,19H,3-4,6,12-14,16-17H2,1-2H3,(H2,23,24,25);1H. The second kappa shape index (κ2) is 12.7. The molecule has 1 aromatic heterocycles. The summed E-state index contributed by atoms with van der Waals surface area (Å²) >= 11 is 0. The van der Waals surface area contributed by atoms with Crippen molar-refractivity contribution in [2.75, 3.05) is 33.3 Å². The fourth-order valence-corrected chi connectivity index (χ4v) is 3.59. The van der Waals surface area contributed by atoms with Crippen molar-refractivity contribution in [1.82, 2.24) is 15.5 Å². The lowest BCUT2D eigenvalue weighted by Gasteiger charge is -2.24. The molecule has 0 bridgehead atoms. The van der Waals surface area contributed by atoms with Crippen LogP contribution in [0.5, 0.6) is 5.75 Å². The van der Waals surface area contributed by atoms with Crippen LogP contribution in [0.25, 0.3) is 0 Å². The maximum Gasteiger partial charge on any atom is 0.191 e. The Morgan fingerprint density at radius 3 is 2.76 bits per heavy atom. The number of rotatable bonds is 9. The maximum absolute atomic E-state index is 5.42. The summed E-state index contributed by atoms with van der Waals surface area (Å²) in [5, 5.41) is 6.98. The minimum atomic E-state index is 0. The first kappa shape index (κ1) is 23.5. The topological polar surface area (TPSA) is 62.0 Å². The number of benzene rings is 1. The van der Waals surface area contributed by atoms with Gasteiger partial charge < -0.3 is 19.8 Å². The Balaban J connectivity index is 0.00000300. The third-order valence-corrected chi connectivity index (χ3v) is 5.23. The van der Waals surface area contributed by atoms with Crippen LogP contribution in [0.2, 0.25) is 0 Å². The van der Waals surface area contributed by atoms with Crippen LogP contribution in [0.3, 0.4) is 0 Å². The number of ether oxygens (including phenoxy) is 1. The lowest BCUT2D eigenvalue weighted by molar-refractivity contribution is 0.267. The van der Waals surface area contributed by atoms with Gasteiger partial charge >= 0.3 is 0 Å². The van der Waals surface area contributed by atoms with E-state index in [1.54, 1.807) is 13.4 Å². The van der Waals surface area contributed by atoms with Gasteiger partial charge in [0.05, 0.1) is 19.9 Å². The first-order valence-electron chi connectivity index (χ1n) is 10.2. The Morgan fingerprint density at radius 1 is 1.24 bits per heavy atom. The lowest BCUT2D eigenvalue weighted by atomic mass is 10.2. The first-order chi connectivity index (χ1) is 13.8. The molecule has 6 nitrogen and oxygen atoms in total. The number of likely N-dealkylation sites (tertiary alicyclic amines) is 1. The average molecular weight is 512 g/mol. The van der Waals surface area contributed by atoms with Crippen molar-refractivity contribution >= 4 is 29.9 Å². The number of nitrogens with one attached hydrogen (secondary N) is 2. The van der Waals surface area contributed by atoms with Crippen molar-refractivity contribution in [2.24, 2.45) is 4.99 Å². The van der Waals surface area contributed by atoms with E-state index in [2.05, 4.69) is 34.6 Å². The molecule has 1 unspecified atom stereocenters. The summed E-state index contributed by atoms with van der Waals surface area (Å²) in [7, 11) is 1.68. The Kier molecular flexibility index (Phi) is 10.3. The number of hydrogen-bond acceptors (Lipinski definition) is 4. The average Bonchev–Trinajstić information content (AvgIpc) is 3.41. The third kappa shape index (κ3) is 7.54. The van der Waals surface area contributed by atoms with Gasteiger partial charge in [0.2, 0.25) is 0 Å². The van der Waals surface area contributed by atoms with Crippen LogP contribution in [-0.2, 0) is 13.0 Å². The molecule has 160 valence electrons. The highest BCUT2D eigenvalue weighted by molar-refractivity contribution is 14.0. The van der Waals surface area contributed by atoms with Gasteiger partial charge in [-0.15, -0.1) is 24.0 Å². The fraction of sp³-hybridized carbons (Fsp3) is 0.500. The Labute approximate surface area is 191 Å². The zero-order valence-corrected chi connectivity index (χ0v) is 19.7. The number of likely N-dealkylation sites (N-methyl/N-ethyl adjacent to an activating group) is 1. The molecular weight excluding hydrogens is 479 g/mol. The Bertz CT molecular complexity index is 719. The molecule has 0 saturated carbocycles. The Morgan fingerprint density at radius 2 is 2.07 bits per heavy atom. The summed E-state index contributed by atoms with van der Waals surface area (Å²) in [5.41, 5.74) is 1.16. The fourth-order valence-electron chi connectivity index (χ4n) is 3.59. The van der Waals surface area contributed by atoms with E-state index in [4.69, 9.17) is 14.1 Å². The highest BCUT2D eigenvalue weighted by Gasteiger charge is 2.22. The second-order valence-corrected chi connectivity index (χ2v) is 7.07. The van der Waals surface area contributed by atoms with Gasteiger partial charge in [-0.2, -0.15) is 0 Å². The molecule has 29 heavy (non-hydrogen) atoms. The van der Waals surface area contributed by atoms with Gasteiger partial charge in [0.1, 0.15) is 11.5 Å². The van der Waals surface area contributed by atoms with Crippen LogP contribution in [0, 0.1) is 0 Å². The molecule has 1 saturated heterocycles. The minimum absolute atomic E-state index is 0. The molecular formula is C22H33IN4O2. The van der Waals surface area contributed by atoms with Crippen molar-refractivity contribution in [3.63, 3.8) is 0 Å². The molecule has 2 aromatic rings. The quantitative estimate of drug-likeness (QED) is 0.305. The third-order valence-electron chi connectivity index (χ3n) is 5.23. The van der Waals surface area contributed by atoms with E-state index in [9.17, 15) is 0 Å². The van der Waals surface area contributed by atoms with Crippen LogP contribution in [0.1, 0.15) is 31.1 Å². The normalized spacial score (nSPS) is 17.0. The molecule has 0 amide bonds. The monoisotopic (exact) mass is 512 g/mol. The van der Waals surface area contributed by atoms with Crippen LogP contribution >= 0.6 is 24.0 Å². The predicted molar refractivity (Wildman–Crippen MR) is 128 cm³/mol.